The van der Waals surface area contributed by atoms with Crippen molar-refractivity contribution in [1.82, 2.24) is 9.88 Å². The van der Waals surface area contributed by atoms with Crippen molar-refractivity contribution >= 4 is 29.2 Å². The maximum Gasteiger partial charge on any atom is 0.417 e. The highest BCUT2D eigenvalue weighted by Crippen LogP contribution is 2.33. The monoisotopic (exact) mass is 454 g/mol. The van der Waals surface area contributed by atoms with Gasteiger partial charge in [0, 0.05) is 32.4 Å². The smallest absolute Gasteiger partial charge is 0.417 e. The summed E-state index contributed by atoms with van der Waals surface area (Å²) in [5, 5.41) is 26.6. The van der Waals surface area contributed by atoms with Gasteiger partial charge >= 0.3 is 12.1 Å². The minimum Gasteiger partial charge on any atom is -0.462 e. The molecule has 2 rings (SSSR count). The zero-order valence-electron chi connectivity index (χ0n) is 16.4. The fraction of sp³-hybridized carbons (Fsp3) is 0.421. The number of hydrogen-bond donors (Lipinski definition) is 1. The number of hydrogen-bond acceptors (Lipinski definition) is 7. The Kier molecular flexibility index (Phi) is 7.83. The van der Waals surface area contributed by atoms with E-state index in [2.05, 4.69) is 4.98 Å². The van der Waals surface area contributed by atoms with E-state index in [0.717, 1.165) is 12.1 Å². The minimum atomic E-state index is -4.55. The highest BCUT2D eigenvalue weighted by atomic mass is 35.5. The largest absolute Gasteiger partial charge is 0.462 e. The van der Waals surface area contributed by atoms with Crippen LogP contribution in [0.15, 0.2) is 23.9 Å². The second-order valence-electron chi connectivity index (χ2n) is 6.41. The summed E-state index contributed by atoms with van der Waals surface area (Å²) in [6, 6.07) is 4.36. The number of alkyl halides is 3. The Balaban J connectivity index is 2.08. The van der Waals surface area contributed by atoms with Crippen molar-refractivity contribution in [2.45, 2.75) is 13.1 Å². The van der Waals surface area contributed by atoms with Gasteiger partial charge in [0.1, 0.15) is 29.2 Å². The highest BCUT2D eigenvalue weighted by Gasteiger charge is 2.32. The van der Waals surface area contributed by atoms with Crippen LogP contribution in [0.5, 0.6) is 0 Å². The fourth-order valence-corrected chi connectivity index (χ4v) is 3.16. The Morgan fingerprint density at radius 2 is 2.03 bits per heavy atom. The van der Waals surface area contributed by atoms with E-state index in [1.807, 2.05) is 6.07 Å². The molecule has 164 valence electrons. The number of esters is 1. The van der Waals surface area contributed by atoms with Gasteiger partial charge in [0.2, 0.25) is 0 Å². The van der Waals surface area contributed by atoms with Crippen LogP contribution < -0.4 is 4.90 Å². The van der Waals surface area contributed by atoms with Gasteiger partial charge in [-0.3, -0.25) is 5.41 Å². The molecule has 1 fully saturated rings. The topological polar surface area (TPSA) is 117 Å². The number of nitriles is 2. The van der Waals surface area contributed by atoms with Crippen LogP contribution in [0.2, 0.25) is 5.02 Å². The number of carbonyl (C=O) groups excluding carboxylic acids is 1. The first-order valence-electron chi connectivity index (χ1n) is 9.12. The summed E-state index contributed by atoms with van der Waals surface area (Å²) in [7, 11) is 0. The third kappa shape index (κ3) is 5.86. The van der Waals surface area contributed by atoms with Gasteiger partial charge in [-0.2, -0.15) is 23.7 Å². The molecule has 1 aromatic rings. The standard InChI is InChI=1S/C19H18ClF3N6O2/c1-2-31-18(30)13(10-25)7-12(9-24)16(26)28-3-5-29(6-4-28)17-15(20)8-14(11-27-17)19(21,22)23/h7-8,11-12,26H,2-6H2,1H3/b13-7+,26-16?. The average molecular weight is 455 g/mol. The molecule has 0 aromatic carbocycles. The van der Waals surface area contributed by atoms with Crippen LogP contribution in [0.1, 0.15) is 12.5 Å². The van der Waals surface area contributed by atoms with E-state index in [-0.39, 0.29) is 41.9 Å². The first kappa shape index (κ1) is 24.0. The molecule has 31 heavy (non-hydrogen) atoms. The van der Waals surface area contributed by atoms with Crippen LogP contribution in [0.4, 0.5) is 19.0 Å². The molecule has 1 saturated heterocycles. The van der Waals surface area contributed by atoms with Crippen LogP contribution in [-0.4, -0.2) is 54.5 Å². The molecule has 0 aliphatic carbocycles. The van der Waals surface area contributed by atoms with Gasteiger partial charge in [0.15, 0.2) is 0 Å². The molecule has 1 N–H and O–H groups in total. The first-order valence-corrected chi connectivity index (χ1v) is 9.49. The lowest BCUT2D eigenvalue weighted by Gasteiger charge is -2.37. The molecule has 2 heterocycles. The van der Waals surface area contributed by atoms with Crippen LogP contribution >= 0.6 is 11.6 Å². The lowest BCUT2D eigenvalue weighted by atomic mass is 10.0. The number of halogens is 4. The number of anilines is 1. The fourth-order valence-electron chi connectivity index (χ4n) is 2.88. The third-order valence-corrected chi connectivity index (χ3v) is 4.73. The van der Waals surface area contributed by atoms with E-state index < -0.39 is 23.6 Å². The van der Waals surface area contributed by atoms with E-state index in [1.165, 1.54) is 0 Å². The zero-order chi connectivity index (χ0) is 23.2. The second-order valence-corrected chi connectivity index (χ2v) is 6.81. The molecule has 0 spiro atoms. The molecule has 0 radical (unpaired) electrons. The maximum absolute atomic E-state index is 12.8. The number of nitrogens with zero attached hydrogens (tertiary/aromatic N) is 5. The highest BCUT2D eigenvalue weighted by molar-refractivity contribution is 6.33. The molecular weight excluding hydrogens is 437 g/mol. The summed E-state index contributed by atoms with van der Waals surface area (Å²) in [4.78, 5) is 18.8. The molecule has 8 nitrogen and oxygen atoms in total. The molecule has 12 heteroatoms. The lowest BCUT2D eigenvalue weighted by molar-refractivity contribution is -0.138. The van der Waals surface area contributed by atoms with Crippen LogP contribution in [0, 0.1) is 34.0 Å². The number of pyridine rings is 1. The summed E-state index contributed by atoms with van der Waals surface area (Å²) >= 11 is 5.98. The van der Waals surface area contributed by atoms with Crippen LogP contribution in [0.25, 0.3) is 0 Å². The summed E-state index contributed by atoms with van der Waals surface area (Å²) in [6.07, 6.45) is -2.75. The van der Waals surface area contributed by atoms with Gasteiger partial charge < -0.3 is 14.5 Å². The molecule has 1 aliphatic rings. The summed E-state index contributed by atoms with van der Waals surface area (Å²) in [5.74, 6) is -1.92. The number of rotatable bonds is 5. The predicted octanol–water partition coefficient (Wildman–Crippen LogP) is 3.01. The second kappa shape index (κ2) is 10.1. The van der Waals surface area contributed by atoms with Gasteiger partial charge in [0.05, 0.1) is 23.3 Å². The Labute approximate surface area is 181 Å². The van der Waals surface area contributed by atoms with Gasteiger partial charge in [-0.05, 0) is 19.1 Å². The van der Waals surface area contributed by atoms with Crippen molar-refractivity contribution in [3.8, 4) is 12.1 Å². The predicted molar refractivity (Wildman–Crippen MR) is 105 cm³/mol. The quantitative estimate of drug-likeness (QED) is 0.239. The van der Waals surface area contributed by atoms with E-state index in [9.17, 15) is 23.2 Å². The van der Waals surface area contributed by atoms with Crippen LogP contribution in [-0.2, 0) is 15.7 Å². The summed E-state index contributed by atoms with van der Waals surface area (Å²) < 4.78 is 43.1. The van der Waals surface area contributed by atoms with Crippen molar-refractivity contribution in [1.29, 1.82) is 15.9 Å². The number of aromatic nitrogens is 1. The van der Waals surface area contributed by atoms with E-state index >= 15 is 0 Å². The van der Waals surface area contributed by atoms with Gasteiger partial charge in [-0.1, -0.05) is 11.6 Å². The number of carbonyl (C=O) groups is 1. The molecule has 0 bridgehead atoms. The van der Waals surface area contributed by atoms with Crippen molar-refractivity contribution in [3.05, 3.63) is 34.5 Å². The minimum absolute atomic E-state index is 0.0645. The number of piperazine rings is 1. The SMILES string of the molecule is CCOC(=O)/C(C#N)=C/C(C#N)C(=N)N1CCN(c2ncc(C(F)(F)F)cc2Cl)CC1. The van der Waals surface area contributed by atoms with Crippen LogP contribution in [0.3, 0.4) is 0 Å². The van der Waals surface area contributed by atoms with Crippen molar-refractivity contribution in [3.63, 3.8) is 0 Å². The zero-order valence-corrected chi connectivity index (χ0v) is 17.2. The average Bonchev–Trinajstić information content (AvgIpc) is 2.74. The molecule has 0 amide bonds. The lowest BCUT2D eigenvalue weighted by Crippen LogP contribution is -2.50. The van der Waals surface area contributed by atoms with Crippen molar-refractivity contribution in [2.24, 2.45) is 5.92 Å². The van der Waals surface area contributed by atoms with E-state index in [0.29, 0.717) is 19.3 Å². The Morgan fingerprint density at radius 1 is 1.39 bits per heavy atom. The molecule has 0 saturated carbocycles. The molecule has 1 atom stereocenters. The Bertz CT molecular complexity index is 959. The molecule has 1 aromatic heterocycles. The Hall–Kier alpha value is -3.31. The van der Waals surface area contributed by atoms with E-state index in [4.69, 9.17) is 27.0 Å². The Morgan fingerprint density at radius 3 is 2.52 bits per heavy atom. The molecule has 1 aliphatic heterocycles. The van der Waals surface area contributed by atoms with E-state index in [1.54, 1.807) is 22.8 Å². The maximum atomic E-state index is 12.8. The molecule has 1 unspecified atom stereocenters. The van der Waals surface area contributed by atoms with Gasteiger partial charge in [-0.25, -0.2) is 9.78 Å². The summed E-state index contributed by atoms with van der Waals surface area (Å²) in [6.45, 7) is 2.77. The normalized spacial score (nSPS) is 15.6. The first-order chi connectivity index (χ1) is 14.6. The number of ether oxygens (including phenoxy) is 1. The summed E-state index contributed by atoms with van der Waals surface area (Å²) in [5.41, 5.74) is -1.31. The number of amidine groups is 1. The third-order valence-electron chi connectivity index (χ3n) is 4.45. The van der Waals surface area contributed by atoms with Crippen molar-refractivity contribution < 1.29 is 22.7 Å². The molecular formula is C19H18ClF3N6O2. The van der Waals surface area contributed by atoms with Gasteiger partial charge in [-0.15, -0.1) is 0 Å². The number of nitrogens with one attached hydrogen (secondary N) is 1. The van der Waals surface area contributed by atoms with Gasteiger partial charge in [0.25, 0.3) is 0 Å². The van der Waals surface area contributed by atoms with Crippen molar-refractivity contribution in [2.75, 3.05) is 37.7 Å².